The number of rotatable bonds is 1. The second-order valence-corrected chi connectivity index (χ2v) is 3.72. The molecule has 3 nitrogen and oxygen atoms in total. The molecule has 0 bridgehead atoms. The van der Waals surface area contributed by atoms with Crippen LogP contribution in [-0.4, -0.2) is 18.9 Å². The number of carbonyl (C=O) groups is 2. The predicted octanol–water partition coefficient (Wildman–Crippen LogP) is 0.775. The molecular weight excluding hydrogens is 156 g/mol. The van der Waals surface area contributed by atoms with Gasteiger partial charge < -0.3 is 4.74 Å². The zero-order valence-corrected chi connectivity index (χ0v) is 7.29. The van der Waals surface area contributed by atoms with Gasteiger partial charge in [-0.15, -0.1) is 0 Å². The minimum absolute atomic E-state index is 0.0897. The largest absolute Gasteiger partial charge is 0.468 e. The van der Waals surface area contributed by atoms with Gasteiger partial charge in [-0.2, -0.15) is 0 Å². The van der Waals surface area contributed by atoms with Crippen LogP contribution >= 0.6 is 0 Å². The summed E-state index contributed by atoms with van der Waals surface area (Å²) >= 11 is 0. The van der Waals surface area contributed by atoms with Crippen molar-refractivity contribution in [3.8, 4) is 0 Å². The van der Waals surface area contributed by atoms with E-state index in [0.29, 0.717) is 6.42 Å². The van der Waals surface area contributed by atoms with Crippen LogP contribution in [0.3, 0.4) is 0 Å². The fourth-order valence-electron chi connectivity index (χ4n) is 2.70. The highest BCUT2D eigenvalue weighted by Gasteiger charge is 2.74. The van der Waals surface area contributed by atoms with E-state index in [1.165, 1.54) is 7.11 Å². The van der Waals surface area contributed by atoms with Crippen LogP contribution in [0.15, 0.2) is 0 Å². The molecule has 12 heavy (non-hydrogen) atoms. The minimum atomic E-state index is -0.714. The second kappa shape index (κ2) is 2.09. The number of hydrogen-bond donors (Lipinski definition) is 0. The molecule has 2 fully saturated rings. The molecule has 0 amide bonds. The molecule has 0 aromatic heterocycles. The topological polar surface area (TPSA) is 43.4 Å². The van der Waals surface area contributed by atoms with Gasteiger partial charge in [0.1, 0.15) is 5.41 Å². The number of Topliss-reactive ketones (excluding diaryl/α,β-unsaturated/α-hetero) is 1. The van der Waals surface area contributed by atoms with Crippen molar-refractivity contribution in [2.45, 2.75) is 19.8 Å². The normalized spacial score (nSPS) is 44.0. The molecule has 2 saturated carbocycles. The van der Waals surface area contributed by atoms with E-state index in [4.69, 9.17) is 0 Å². The van der Waals surface area contributed by atoms with Crippen molar-refractivity contribution in [1.82, 2.24) is 0 Å². The Kier molecular flexibility index (Phi) is 1.35. The molecule has 0 radical (unpaired) electrons. The third kappa shape index (κ3) is 0.586. The summed E-state index contributed by atoms with van der Waals surface area (Å²) < 4.78 is 4.66. The predicted molar refractivity (Wildman–Crippen MR) is 41.3 cm³/mol. The van der Waals surface area contributed by atoms with E-state index in [1.54, 1.807) is 0 Å². The molecule has 0 saturated heterocycles. The Morgan fingerprint density at radius 3 is 2.75 bits per heavy atom. The summed E-state index contributed by atoms with van der Waals surface area (Å²) in [7, 11) is 1.35. The minimum Gasteiger partial charge on any atom is -0.468 e. The van der Waals surface area contributed by atoms with E-state index < -0.39 is 5.41 Å². The lowest BCUT2D eigenvalue weighted by Gasteiger charge is -2.08. The van der Waals surface area contributed by atoms with E-state index in [0.717, 1.165) is 6.42 Å². The van der Waals surface area contributed by atoms with E-state index >= 15 is 0 Å². The van der Waals surface area contributed by atoms with Gasteiger partial charge in [-0.25, -0.2) is 0 Å². The van der Waals surface area contributed by atoms with Crippen molar-refractivity contribution in [3.05, 3.63) is 0 Å². The van der Waals surface area contributed by atoms with Crippen molar-refractivity contribution in [3.63, 3.8) is 0 Å². The quantitative estimate of drug-likeness (QED) is 0.429. The maximum Gasteiger partial charge on any atom is 0.319 e. The van der Waals surface area contributed by atoms with Crippen LogP contribution in [0.4, 0.5) is 0 Å². The van der Waals surface area contributed by atoms with Gasteiger partial charge in [0, 0.05) is 6.42 Å². The molecule has 2 aliphatic rings. The number of ether oxygens (including phenoxy) is 1. The maximum atomic E-state index is 11.4. The molecule has 0 heterocycles. The van der Waals surface area contributed by atoms with E-state index in [9.17, 15) is 9.59 Å². The lowest BCUT2D eigenvalue weighted by molar-refractivity contribution is -0.151. The third-order valence-electron chi connectivity index (χ3n) is 3.46. The third-order valence-corrected chi connectivity index (χ3v) is 3.46. The highest BCUT2D eigenvalue weighted by molar-refractivity contribution is 6.09. The van der Waals surface area contributed by atoms with Gasteiger partial charge in [0.05, 0.1) is 7.11 Å². The molecular formula is C9H12O3. The van der Waals surface area contributed by atoms with Crippen molar-refractivity contribution in [1.29, 1.82) is 0 Å². The van der Waals surface area contributed by atoms with Gasteiger partial charge in [0.15, 0.2) is 5.78 Å². The first-order valence-corrected chi connectivity index (χ1v) is 4.27. The summed E-state index contributed by atoms with van der Waals surface area (Å²) in [5.74, 6) is 0.262. The van der Waals surface area contributed by atoms with Crippen molar-refractivity contribution >= 4 is 11.8 Å². The number of fused-ring (bicyclic) bond motifs is 1. The highest BCUT2D eigenvalue weighted by Crippen LogP contribution is 2.66. The second-order valence-electron chi connectivity index (χ2n) is 3.72. The summed E-state index contributed by atoms with van der Waals surface area (Å²) in [5.41, 5.74) is -0.714. The number of carbonyl (C=O) groups excluding carboxylic acids is 2. The Morgan fingerprint density at radius 1 is 1.67 bits per heavy atom. The zero-order chi connectivity index (χ0) is 8.93. The van der Waals surface area contributed by atoms with Crippen LogP contribution in [0.2, 0.25) is 0 Å². The molecule has 3 heteroatoms. The molecule has 2 aliphatic carbocycles. The molecule has 0 aromatic rings. The van der Waals surface area contributed by atoms with Gasteiger partial charge in [0.25, 0.3) is 0 Å². The fourth-order valence-corrected chi connectivity index (χ4v) is 2.70. The molecule has 3 atom stereocenters. The van der Waals surface area contributed by atoms with Crippen LogP contribution in [0.5, 0.6) is 0 Å². The maximum absolute atomic E-state index is 11.4. The van der Waals surface area contributed by atoms with Gasteiger partial charge in [-0.05, 0) is 18.3 Å². The molecule has 0 unspecified atom stereocenters. The van der Waals surface area contributed by atoms with Crippen LogP contribution in [-0.2, 0) is 14.3 Å². The van der Waals surface area contributed by atoms with Gasteiger partial charge in [-0.1, -0.05) is 6.92 Å². The Balaban J connectivity index is 2.31. The van der Waals surface area contributed by atoms with Gasteiger partial charge >= 0.3 is 5.97 Å². The van der Waals surface area contributed by atoms with Crippen molar-refractivity contribution in [2.24, 2.45) is 17.3 Å². The van der Waals surface area contributed by atoms with Crippen molar-refractivity contribution in [2.75, 3.05) is 7.11 Å². The first-order chi connectivity index (χ1) is 5.65. The van der Waals surface area contributed by atoms with E-state index in [2.05, 4.69) is 4.74 Å². The Bertz CT molecular complexity index is 258. The molecule has 2 rings (SSSR count). The van der Waals surface area contributed by atoms with Gasteiger partial charge in [-0.3, -0.25) is 9.59 Å². The highest BCUT2D eigenvalue weighted by atomic mass is 16.5. The Labute approximate surface area is 71.1 Å². The standard InChI is InChI=1S/C9H12O3/c1-5-6-3-4-7(10)9(5,6)8(11)12-2/h5-6H,3-4H2,1-2H3/t5-,6-,9-/m0/s1. The van der Waals surface area contributed by atoms with E-state index in [-0.39, 0.29) is 23.6 Å². The first-order valence-electron chi connectivity index (χ1n) is 4.27. The number of esters is 1. The summed E-state index contributed by atoms with van der Waals surface area (Å²) in [5, 5.41) is 0. The molecule has 0 aromatic carbocycles. The number of hydrogen-bond acceptors (Lipinski definition) is 3. The summed E-state index contributed by atoms with van der Waals surface area (Å²) in [6.45, 7) is 1.96. The van der Waals surface area contributed by atoms with Crippen LogP contribution in [0, 0.1) is 17.3 Å². The number of ketones is 1. The van der Waals surface area contributed by atoms with Crippen LogP contribution in [0.1, 0.15) is 19.8 Å². The lowest BCUT2D eigenvalue weighted by Crippen LogP contribution is -2.27. The smallest absolute Gasteiger partial charge is 0.319 e. The lowest BCUT2D eigenvalue weighted by atomic mass is 9.99. The molecule has 0 spiro atoms. The summed E-state index contributed by atoms with van der Waals surface area (Å²) in [6, 6.07) is 0. The average molecular weight is 168 g/mol. The average Bonchev–Trinajstić information content (AvgIpc) is 2.48. The van der Waals surface area contributed by atoms with Gasteiger partial charge in [0.2, 0.25) is 0 Å². The molecule has 66 valence electrons. The summed E-state index contributed by atoms with van der Waals surface area (Å²) in [4.78, 5) is 22.8. The van der Waals surface area contributed by atoms with E-state index in [1.807, 2.05) is 6.92 Å². The van der Waals surface area contributed by atoms with Crippen LogP contribution in [0.25, 0.3) is 0 Å². The Morgan fingerprint density at radius 2 is 2.33 bits per heavy atom. The number of methoxy groups -OCH3 is 1. The zero-order valence-electron chi connectivity index (χ0n) is 7.29. The summed E-state index contributed by atoms with van der Waals surface area (Å²) in [6.07, 6.45) is 1.43. The SMILES string of the molecule is COC(=O)[C@]12C(=O)CC[C@H]1[C@@H]2C. The fraction of sp³-hybridized carbons (Fsp3) is 0.778. The van der Waals surface area contributed by atoms with Crippen molar-refractivity contribution < 1.29 is 14.3 Å². The Hall–Kier alpha value is -0.860. The first kappa shape index (κ1) is 7.77. The molecule has 0 aliphatic heterocycles. The van der Waals surface area contributed by atoms with Crippen LogP contribution < -0.4 is 0 Å². The monoisotopic (exact) mass is 168 g/mol. The molecule has 0 N–H and O–H groups in total.